The summed E-state index contributed by atoms with van der Waals surface area (Å²) in [7, 11) is -4.30. The average molecular weight is 490 g/mol. The van der Waals surface area contributed by atoms with Crippen LogP contribution in [0, 0.1) is 5.82 Å². The number of aryl methyl sites for hydroxylation is 1. The first-order valence-electron chi connectivity index (χ1n) is 10.2. The van der Waals surface area contributed by atoms with Crippen molar-refractivity contribution in [3.05, 3.63) is 69.7 Å². The lowest BCUT2D eigenvalue weighted by molar-refractivity contribution is 0.485. The fourth-order valence-corrected chi connectivity index (χ4v) is 6.11. The highest BCUT2D eigenvalue weighted by Crippen LogP contribution is 2.32. The summed E-state index contributed by atoms with van der Waals surface area (Å²) in [6, 6.07) is 7.49. The maximum absolute atomic E-state index is 15.0. The number of nitrogens with two attached hydrogens (primary N) is 1. The van der Waals surface area contributed by atoms with Gasteiger partial charge in [0, 0.05) is 29.7 Å². The van der Waals surface area contributed by atoms with E-state index in [9.17, 15) is 17.6 Å². The number of aromatic nitrogens is 3. The second-order valence-corrected chi connectivity index (χ2v) is 10.4. The molecule has 0 saturated carbocycles. The van der Waals surface area contributed by atoms with Crippen molar-refractivity contribution in [3.63, 3.8) is 0 Å². The maximum Gasteiger partial charge on any atom is 0.420 e. The van der Waals surface area contributed by atoms with Crippen LogP contribution in [0.1, 0.15) is 36.1 Å². The summed E-state index contributed by atoms with van der Waals surface area (Å²) in [6.07, 6.45) is 3.62. The third-order valence-corrected chi connectivity index (χ3v) is 8.00. The van der Waals surface area contributed by atoms with Crippen LogP contribution in [0.4, 0.5) is 9.52 Å². The Balaban J connectivity index is 1.60. The topological polar surface area (TPSA) is 133 Å². The van der Waals surface area contributed by atoms with Gasteiger partial charge in [-0.2, -0.15) is 4.37 Å². The van der Waals surface area contributed by atoms with E-state index in [-0.39, 0.29) is 22.3 Å². The number of rotatable bonds is 5. The quantitative estimate of drug-likeness (QED) is 0.440. The summed E-state index contributed by atoms with van der Waals surface area (Å²) in [5.74, 6) is -1.72. The summed E-state index contributed by atoms with van der Waals surface area (Å²) in [5, 5.41) is -0.00537. The molecule has 33 heavy (non-hydrogen) atoms. The second kappa shape index (κ2) is 8.04. The van der Waals surface area contributed by atoms with Gasteiger partial charge in [-0.3, -0.25) is 9.29 Å². The molecule has 2 heterocycles. The van der Waals surface area contributed by atoms with Crippen molar-refractivity contribution in [1.82, 2.24) is 13.9 Å². The predicted octanol–water partition coefficient (Wildman–Crippen LogP) is 2.81. The lowest BCUT2D eigenvalue weighted by Gasteiger charge is -2.26. The summed E-state index contributed by atoms with van der Waals surface area (Å²) in [4.78, 5) is 15.9. The summed E-state index contributed by atoms with van der Waals surface area (Å²) in [5.41, 5.74) is 9.48. The fourth-order valence-electron chi connectivity index (χ4n) is 4.37. The molecule has 172 valence electrons. The van der Waals surface area contributed by atoms with E-state index in [4.69, 9.17) is 10.2 Å². The van der Waals surface area contributed by atoms with Crippen LogP contribution in [0.15, 0.2) is 50.8 Å². The SMILES string of the molecule is CC(c1cccc2c1CC(N)CC2)n1c(=O)oc2cc(S(=O)(=O)Nc3ncns3)c(F)cc21. The molecule has 0 radical (unpaired) electrons. The minimum atomic E-state index is -4.30. The molecule has 9 nitrogen and oxygen atoms in total. The number of fused-ring (bicyclic) bond motifs is 2. The normalized spacial score (nSPS) is 17.1. The molecule has 3 N–H and O–H groups in total. The molecule has 0 aliphatic heterocycles. The van der Waals surface area contributed by atoms with Crippen molar-refractivity contribution in [3.8, 4) is 0 Å². The van der Waals surface area contributed by atoms with Gasteiger partial charge in [-0.05, 0) is 42.9 Å². The Kier molecular flexibility index (Phi) is 5.30. The van der Waals surface area contributed by atoms with E-state index in [1.54, 1.807) is 0 Å². The van der Waals surface area contributed by atoms with Gasteiger partial charge < -0.3 is 10.2 Å². The molecule has 4 aromatic rings. The van der Waals surface area contributed by atoms with Crippen molar-refractivity contribution < 1.29 is 17.2 Å². The molecule has 0 spiro atoms. The number of hydrogen-bond donors (Lipinski definition) is 2. The zero-order valence-corrected chi connectivity index (χ0v) is 19.1. The van der Waals surface area contributed by atoms with Gasteiger partial charge in [-0.15, -0.1) is 0 Å². The van der Waals surface area contributed by atoms with Crippen molar-refractivity contribution in [1.29, 1.82) is 0 Å². The van der Waals surface area contributed by atoms with E-state index in [2.05, 4.69) is 20.1 Å². The number of nitrogens with zero attached hydrogens (tertiary/aromatic N) is 3. The number of benzene rings is 2. The van der Waals surface area contributed by atoms with E-state index in [0.717, 1.165) is 47.6 Å². The minimum Gasteiger partial charge on any atom is -0.408 e. The monoisotopic (exact) mass is 489 g/mol. The Morgan fingerprint density at radius 3 is 2.94 bits per heavy atom. The number of halogens is 1. The maximum atomic E-state index is 15.0. The summed E-state index contributed by atoms with van der Waals surface area (Å²) in [6.45, 7) is 1.83. The first-order valence-corrected chi connectivity index (χ1v) is 12.5. The van der Waals surface area contributed by atoms with Crippen molar-refractivity contribution in [2.45, 2.75) is 43.2 Å². The molecule has 2 atom stereocenters. The molecule has 2 aromatic heterocycles. The van der Waals surface area contributed by atoms with Crippen LogP contribution in [0.3, 0.4) is 0 Å². The van der Waals surface area contributed by atoms with Crippen molar-refractivity contribution in [2.24, 2.45) is 5.73 Å². The van der Waals surface area contributed by atoms with Gasteiger partial charge in [0.05, 0.1) is 11.6 Å². The fraction of sp³-hybridized carbons (Fsp3) is 0.286. The highest BCUT2D eigenvalue weighted by molar-refractivity contribution is 7.93. The average Bonchev–Trinajstić information content (AvgIpc) is 3.38. The molecular weight excluding hydrogens is 469 g/mol. The molecule has 0 saturated heterocycles. The van der Waals surface area contributed by atoms with Gasteiger partial charge >= 0.3 is 5.76 Å². The number of anilines is 1. The first kappa shape index (κ1) is 21.7. The second-order valence-electron chi connectivity index (χ2n) is 8.00. The smallest absolute Gasteiger partial charge is 0.408 e. The van der Waals surface area contributed by atoms with Crippen molar-refractivity contribution in [2.75, 3.05) is 4.72 Å². The van der Waals surface area contributed by atoms with Crippen LogP contribution in [0.2, 0.25) is 0 Å². The third kappa shape index (κ3) is 3.83. The lowest BCUT2D eigenvalue weighted by atomic mass is 9.84. The van der Waals surface area contributed by atoms with Crippen LogP contribution in [0.5, 0.6) is 0 Å². The van der Waals surface area contributed by atoms with Gasteiger partial charge in [0.2, 0.25) is 5.13 Å². The number of oxazole rings is 1. The summed E-state index contributed by atoms with van der Waals surface area (Å²) < 4.78 is 52.8. The Morgan fingerprint density at radius 2 is 2.18 bits per heavy atom. The van der Waals surface area contributed by atoms with Crippen LogP contribution < -0.4 is 16.2 Å². The van der Waals surface area contributed by atoms with E-state index >= 15 is 0 Å². The van der Waals surface area contributed by atoms with Crippen molar-refractivity contribution >= 4 is 37.8 Å². The van der Waals surface area contributed by atoms with Gasteiger partial charge in [0.1, 0.15) is 17.0 Å². The zero-order valence-electron chi connectivity index (χ0n) is 17.5. The minimum absolute atomic E-state index is 0.00537. The van der Waals surface area contributed by atoms with Gasteiger partial charge in [0.15, 0.2) is 5.58 Å². The molecule has 5 rings (SSSR count). The Hall–Kier alpha value is -3.09. The molecule has 2 unspecified atom stereocenters. The van der Waals surface area contributed by atoms with Gasteiger partial charge in [-0.1, -0.05) is 18.2 Å². The zero-order chi connectivity index (χ0) is 23.3. The Morgan fingerprint density at radius 1 is 1.36 bits per heavy atom. The van der Waals surface area contributed by atoms with Gasteiger partial charge in [0.25, 0.3) is 10.0 Å². The van der Waals surface area contributed by atoms with Crippen LogP contribution in [-0.4, -0.2) is 28.4 Å². The van der Waals surface area contributed by atoms with E-state index < -0.39 is 32.5 Å². The third-order valence-electron chi connectivity index (χ3n) is 5.94. The molecule has 0 amide bonds. The molecule has 12 heteroatoms. The van der Waals surface area contributed by atoms with Crippen LogP contribution in [-0.2, 0) is 22.9 Å². The number of hydrogen-bond acceptors (Lipinski definition) is 8. The standard InChI is InChI=1S/C21H20FN5O4S2/c1-11(14-4-2-3-12-5-6-13(23)7-15(12)14)27-17-8-16(22)19(9-18(17)31-21(27)28)33(29,30)26-20-24-10-25-32-20/h2-4,8-11,13H,5-7,23H2,1H3,(H,24,25,26). The summed E-state index contributed by atoms with van der Waals surface area (Å²) >= 11 is 0.813. The largest absolute Gasteiger partial charge is 0.420 e. The molecule has 1 aliphatic carbocycles. The Labute approximate surface area is 192 Å². The van der Waals surface area contributed by atoms with E-state index in [0.29, 0.717) is 6.42 Å². The van der Waals surface area contributed by atoms with Crippen LogP contribution in [0.25, 0.3) is 11.1 Å². The molecule has 0 bridgehead atoms. The molecular formula is C21H20FN5O4S2. The molecule has 0 fully saturated rings. The molecule has 2 aromatic carbocycles. The Bertz CT molecular complexity index is 1510. The number of nitrogens with one attached hydrogen (secondary N) is 1. The predicted molar refractivity (Wildman–Crippen MR) is 121 cm³/mol. The first-order chi connectivity index (χ1) is 15.7. The van der Waals surface area contributed by atoms with Crippen LogP contribution >= 0.6 is 11.5 Å². The lowest BCUT2D eigenvalue weighted by Crippen LogP contribution is -2.30. The van der Waals surface area contributed by atoms with Gasteiger partial charge in [-0.25, -0.2) is 22.6 Å². The molecule has 1 aliphatic rings. The van der Waals surface area contributed by atoms with E-state index in [1.807, 2.05) is 19.1 Å². The highest BCUT2D eigenvalue weighted by Gasteiger charge is 2.27. The highest BCUT2D eigenvalue weighted by atomic mass is 32.2. The number of sulfonamides is 1. The van der Waals surface area contributed by atoms with E-state index in [1.165, 1.54) is 16.5 Å².